The summed E-state index contributed by atoms with van der Waals surface area (Å²) in [6.45, 7) is 3.89. The Bertz CT molecular complexity index is 1220. The Labute approximate surface area is 181 Å². The molecule has 0 aliphatic carbocycles. The third-order valence-corrected chi connectivity index (χ3v) is 6.91. The van der Waals surface area contributed by atoms with Crippen LogP contribution in [0.25, 0.3) is 0 Å². The molecule has 0 aromatic heterocycles. The Morgan fingerprint density at radius 2 is 1.77 bits per heavy atom. The molecule has 1 amide bonds. The summed E-state index contributed by atoms with van der Waals surface area (Å²) in [7, 11) is -3.78. The lowest BCUT2D eigenvalue weighted by atomic mass is 10.1. The molecule has 1 N–H and O–H groups in total. The van der Waals surface area contributed by atoms with Crippen molar-refractivity contribution in [3.05, 3.63) is 88.4 Å². The van der Waals surface area contributed by atoms with Crippen molar-refractivity contribution in [2.45, 2.75) is 31.2 Å². The van der Waals surface area contributed by atoms with Crippen molar-refractivity contribution in [1.29, 1.82) is 0 Å². The first-order valence-electron chi connectivity index (χ1n) is 9.57. The number of fused-ring (bicyclic) bond motifs is 1. The highest BCUT2D eigenvalue weighted by Gasteiger charge is 2.31. The first-order valence-corrected chi connectivity index (χ1v) is 11.4. The van der Waals surface area contributed by atoms with Crippen LogP contribution in [0.5, 0.6) is 0 Å². The molecule has 3 aromatic carbocycles. The number of rotatable bonds is 4. The first kappa shape index (κ1) is 20.4. The monoisotopic (exact) mass is 440 g/mol. The van der Waals surface area contributed by atoms with Gasteiger partial charge in [-0.1, -0.05) is 47.5 Å². The molecule has 0 saturated heterocycles. The van der Waals surface area contributed by atoms with Crippen LogP contribution in [0.1, 0.15) is 28.4 Å². The largest absolute Gasteiger partial charge is 0.305 e. The maximum atomic E-state index is 13.2. The molecule has 0 saturated carbocycles. The molecule has 154 valence electrons. The van der Waals surface area contributed by atoms with Gasteiger partial charge in [0.1, 0.15) is 0 Å². The smallest absolute Gasteiger partial charge is 0.261 e. The van der Waals surface area contributed by atoms with Crippen LogP contribution >= 0.6 is 11.6 Å². The predicted molar refractivity (Wildman–Crippen MR) is 120 cm³/mol. The van der Waals surface area contributed by atoms with Gasteiger partial charge in [-0.3, -0.25) is 9.52 Å². The fourth-order valence-corrected chi connectivity index (χ4v) is 5.03. The minimum atomic E-state index is -3.78. The zero-order valence-corrected chi connectivity index (χ0v) is 18.2. The van der Waals surface area contributed by atoms with Gasteiger partial charge in [-0.05, 0) is 62.2 Å². The maximum absolute atomic E-state index is 13.2. The number of nitrogens with one attached hydrogen (secondary N) is 1. The fourth-order valence-electron chi connectivity index (χ4n) is 3.67. The van der Waals surface area contributed by atoms with Crippen molar-refractivity contribution in [3.63, 3.8) is 0 Å². The Morgan fingerprint density at radius 3 is 2.47 bits per heavy atom. The molecule has 5 nitrogen and oxygen atoms in total. The van der Waals surface area contributed by atoms with Gasteiger partial charge in [0.2, 0.25) is 0 Å². The highest BCUT2D eigenvalue weighted by Crippen LogP contribution is 2.34. The first-order chi connectivity index (χ1) is 14.3. The van der Waals surface area contributed by atoms with E-state index in [9.17, 15) is 13.2 Å². The van der Waals surface area contributed by atoms with E-state index in [0.717, 1.165) is 23.2 Å². The van der Waals surface area contributed by atoms with Crippen molar-refractivity contribution < 1.29 is 13.2 Å². The Morgan fingerprint density at radius 1 is 1.07 bits per heavy atom. The third kappa shape index (κ3) is 3.80. The molecule has 0 unspecified atom stereocenters. The molecule has 1 heterocycles. The number of carbonyl (C=O) groups excluding carboxylic acids is 1. The molecular formula is C23H21ClN2O3S. The zero-order chi connectivity index (χ0) is 21.5. The molecule has 0 radical (unpaired) electrons. The summed E-state index contributed by atoms with van der Waals surface area (Å²) < 4.78 is 27.8. The van der Waals surface area contributed by atoms with Crippen LogP contribution in [0.4, 0.5) is 11.4 Å². The lowest BCUT2D eigenvalue weighted by molar-refractivity contribution is 0.0981. The summed E-state index contributed by atoms with van der Waals surface area (Å²) >= 11 is 6.34. The number of benzene rings is 3. The number of nitrogens with zero attached hydrogens (tertiary/aromatic N) is 1. The number of anilines is 2. The topological polar surface area (TPSA) is 66.5 Å². The maximum Gasteiger partial charge on any atom is 0.261 e. The summed E-state index contributed by atoms with van der Waals surface area (Å²) in [4.78, 5) is 15.1. The van der Waals surface area contributed by atoms with Crippen LogP contribution in [0.3, 0.4) is 0 Å². The van der Waals surface area contributed by atoms with Crippen LogP contribution in [-0.4, -0.2) is 20.4 Å². The number of aryl methyl sites for hydroxylation is 1. The van der Waals surface area contributed by atoms with E-state index in [4.69, 9.17) is 11.6 Å². The quantitative estimate of drug-likeness (QED) is 0.618. The Balaban J connectivity index is 1.59. The van der Waals surface area contributed by atoms with E-state index in [2.05, 4.69) is 4.72 Å². The number of sulfonamides is 1. The lowest BCUT2D eigenvalue weighted by Crippen LogP contribution is -2.35. The highest BCUT2D eigenvalue weighted by molar-refractivity contribution is 7.92. The van der Waals surface area contributed by atoms with Crippen molar-refractivity contribution in [3.8, 4) is 0 Å². The number of amides is 1. The van der Waals surface area contributed by atoms with Gasteiger partial charge in [0.05, 0.1) is 15.6 Å². The zero-order valence-electron chi connectivity index (χ0n) is 16.6. The molecule has 0 fully saturated rings. The second kappa shape index (κ2) is 7.78. The average Bonchev–Trinajstić information content (AvgIpc) is 3.05. The second-order valence-electron chi connectivity index (χ2n) is 7.47. The Kier molecular flexibility index (Phi) is 5.30. The van der Waals surface area contributed by atoms with E-state index in [1.165, 1.54) is 24.3 Å². The van der Waals surface area contributed by atoms with E-state index in [-0.39, 0.29) is 27.6 Å². The number of halogens is 1. The lowest BCUT2D eigenvalue weighted by Gasteiger charge is -2.23. The highest BCUT2D eigenvalue weighted by atomic mass is 35.5. The van der Waals surface area contributed by atoms with E-state index >= 15 is 0 Å². The van der Waals surface area contributed by atoms with Gasteiger partial charge >= 0.3 is 0 Å². The van der Waals surface area contributed by atoms with Crippen molar-refractivity contribution in [1.82, 2.24) is 0 Å². The summed E-state index contributed by atoms with van der Waals surface area (Å²) in [5.41, 5.74) is 3.63. The van der Waals surface area contributed by atoms with Crippen LogP contribution in [0.2, 0.25) is 5.02 Å². The molecule has 1 aliphatic heterocycles. The second-order valence-corrected chi connectivity index (χ2v) is 9.56. The van der Waals surface area contributed by atoms with Gasteiger partial charge in [-0.25, -0.2) is 8.42 Å². The normalized spacial score (nSPS) is 15.7. The van der Waals surface area contributed by atoms with Gasteiger partial charge in [-0.2, -0.15) is 0 Å². The molecule has 4 rings (SSSR count). The van der Waals surface area contributed by atoms with Crippen molar-refractivity contribution >= 4 is 38.9 Å². The molecule has 1 atom stereocenters. The molecule has 3 aromatic rings. The van der Waals surface area contributed by atoms with E-state index in [1.807, 2.05) is 38.1 Å². The minimum Gasteiger partial charge on any atom is -0.305 e. The molecule has 30 heavy (non-hydrogen) atoms. The van der Waals surface area contributed by atoms with Gasteiger partial charge in [0.15, 0.2) is 0 Å². The summed E-state index contributed by atoms with van der Waals surface area (Å²) in [5, 5.41) is 0.164. The molecular weight excluding hydrogens is 420 g/mol. The summed E-state index contributed by atoms with van der Waals surface area (Å²) in [5.74, 6) is -0.165. The molecule has 7 heteroatoms. The molecule has 1 aliphatic rings. The number of para-hydroxylation sites is 1. The van der Waals surface area contributed by atoms with E-state index in [1.54, 1.807) is 23.1 Å². The number of carbonyl (C=O) groups is 1. The molecule has 0 bridgehead atoms. The summed E-state index contributed by atoms with van der Waals surface area (Å²) in [6, 6.07) is 19.0. The third-order valence-electron chi connectivity index (χ3n) is 5.22. The van der Waals surface area contributed by atoms with Crippen LogP contribution < -0.4 is 9.62 Å². The van der Waals surface area contributed by atoms with Crippen LogP contribution in [0, 0.1) is 6.92 Å². The summed E-state index contributed by atoms with van der Waals surface area (Å²) in [6.07, 6.45) is 0.796. The average molecular weight is 441 g/mol. The van der Waals surface area contributed by atoms with Gasteiger partial charge in [0.25, 0.3) is 15.9 Å². The number of hydrogen-bond acceptors (Lipinski definition) is 3. The van der Waals surface area contributed by atoms with Crippen molar-refractivity contribution in [2.75, 3.05) is 9.62 Å². The van der Waals surface area contributed by atoms with Gasteiger partial charge < -0.3 is 4.90 Å². The fraction of sp³-hybridized carbons (Fsp3) is 0.174. The SMILES string of the molecule is Cc1ccc(S(=O)(=O)Nc2ccc(C(=O)N3c4ccccc4C[C@@H]3C)cc2Cl)cc1. The minimum absolute atomic E-state index is 0.0355. The van der Waals surface area contributed by atoms with Crippen LogP contribution in [0.15, 0.2) is 71.6 Å². The van der Waals surface area contributed by atoms with Crippen LogP contribution in [-0.2, 0) is 16.4 Å². The van der Waals surface area contributed by atoms with E-state index < -0.39 is 10.0 Å². The van der Waals surface area contributed by atoms with Crippen molar-refractivity contribution in [2.24, 2.45) is 0 Å². The standard InChI is InChI=1S/C23H21ClN2O3S/c1-15-7-10-19(11-8-15)30(28,29)25-21-12-9-18(14-20(21)24)23(27)26-16(2)13-17-5-3-4-6-22(17)26/h3-12,14,16,25H,13H2,1-2H3/t16-/m0/s1. The van der Waals surface area contributed by atoms with E-state index in [0.29, 0.717) is 5.56 Å². The predicted octanol–water partition coefficient (Wildman–Crippen LogP) is 5.04. The number of hydrogen-bond donors (Lipinski definition) is 1. The molecule has 0 spiro atoms. The Hall–Kier alpha value is -2.83. The van der Waals surface area contributed by atoms with Gasteiger partial charge in [-0.15, -0.1) is 0 Å². The van der Waals surface area contributed by atoms with Gasteiger partial charge in [0, 0.05) is 17.3 Å².